The lowest BCUT2D eigenvalue weighted by molar-refractivity contribution is -0.139. The van der Waals surface area contributed by atoms with Gasteiger partial charge in [-0.25, -0.2) is 4.79 Å². The summed E-state index contributed by atoms with van der Waals surface area (Å²) in [6.45, 7) is 1.43. The first kappa shape index (κ1) is 17.7. The maximum Gasteiger partial charge on any atom is 0.341 e. The molecule has 1 aliphatic carbocycles. The Bertz CT molecular complexity index is 615. The number of carboxylic acid groups (broad SMARTS) is 1. The first-order valence-corrected chi connectivity index (χ1v) is 8.72. The largest absolute Gasteiger partial charge is 0.482 e. The van der Waals surface area contributed by atoms with E-state index in [1.807, 2.05) is 0 Å². The number of hydrogen-bond acceptors (Lipinski definition) is 5. The molecule has 1 saturated heterocycles. The highest BCUT2D eigenvalue weighted by atomic mass is 16.5. The van der Waals surface area contributed by atoms with Crippen molar-refractivity contribution in [3.05, 3.63) is 24.3 Å². The van der Waals surface area contributed by atoms with Crippen LogP contribution in [0.25, 0.3) is 0 Å². The maximum absolute atomic E-state index is 12.7. The fraction of sp³-hybridized carbons (Fsp3) is 0.556. The van der Waals surface area contributed by atoms with Gasteiger partial charge >= 0.3 is 5.97 Å². The monoisotopic (exact) mass is 348 g/mol. The predicted molar refractivity (Wildman–Crippen MR) is 91.8 cm³/mol. The number of carbonyl (C=O) groups excluding carboxylic acids is 1. The maximum atomic E-state index is 12.7. The zero-order valence-corrected chi connectivity index (χ0v) is 14.1. The summed E-state index contributed by atoms with van der Waals surface area (Å²) in [5.74, 6) is -0.726. The minimum absolute atomic E-state index is 0.0954. The van der Waals surface area contributed by atoms with Crippen LogP contribution in [0.15, 0.2) is 24.3 Å². The summed E-state index contributed by atoms with van der Waals surface area (Å²) >= 11 is 0. The summed E-state index contributed by atoms with van der Waals surface area (Å²) in [5.41, 5.74) is 0.588. The van der Waals surface area contributed by atoms with Crippen LogP contribution in [0.5, 0.6) is 5.75 Å². The Balaban J connectivity index is 1.63. The molecular formula is C18H24N2O5. The number of nitrogens with zero attached hydrogens (tertiary/aromatic N) is 1. The van der Waals surface area contributed by atoms with Crippen molar-refractivity contribution >= 4 is 17.6 Å². The summed E-state index contributed by atoms with van der Waals surface area (Å²) in [4.78, 5) is 25.6. The van der Waals surface area contributed by atoms with Gasteiger partial charge in [-0.05, 0) is 25.0 Å². The Morgan fingerprint density at radius 3 is 2.88 bits per heavy atom. The van der Waals surface area contributed by atoms with Gasteiger partial charge in [0.1, 0.15) is 11.8 Å². The van der Waals surface area contributed by atoms with Gasteiger partial charge in [0, 0.05) is 24.3 Å². The fourth-order valence-electron chi connectivity index (χ4n) is 3.55. The molecule has 0 spiro atoms. The van der Waals surface area contributed by atoms with E-state index in [-0.39, 0.29) is 11.9 Å². The van der Waals surface area contributed by atoms with E-state index in [9.17, 15) is 9.59 Å². The molecule has 1 atom stereocenters. The van der Waals surface area contributed by atoms with E-state index in [0.29, 0.717) is 30.7 Å². The number of hydrogen-bond donors (Lipinski definition) is 2. The molecule has 1 saturated carbocycles. The van der Waals surface area contributed by atoms with Crippen molar-refractivity contribution in [1.82, 2.24) is 4.90 Å². The first-order valence-electron chi connectivity index (χ1n) is 8.72. The lowest BCUT2D eigenvalue weighted by Crippen LogP contribution is -2.55. The molecule has 0 radical (unpaired) electrons. The zero-order valence-electron chi connectivity index (χ0n) is 14.1. The Labute approximate surface area is 146 Å². The fourth-order valence-corrected chi connectivity index (χ4v) is 3.55. The number of benzene rings is 1. The lowest BCUT2D eigenvalue weighted by Gasteiger charge is -2.38. The van der Waals surface area contributed by atoms with E-state index in [0.717, 1.165) is 19.4 Å². The van der Waals surface area contributed by atoms with Gasteiger partial charge in [0.15, 0.2) is 6.61 Å². The molecule has 7 nitrogen and oxygen atoms in total. The predicted octanol–water partition coefficient (Wildman–Crippen LogP) is 1.73. The molecule has 136 valence electrons. The quantitative estimate of drug-likeness (QED) is 0.814. The highest BCUT2D eigenvalue weighted by Crippen LogP contribution is 2.27. The number of morpholine rings is 1. The third-order valence-corrected chi connectivity index (χ3v) is 4.73. The molecule has 1 unspecified atom stereocenters. The van der Waals surface area contributed by atoms with Crippen LogP contribution in [0, 0.1) is 0 Å². The number of anilines is 1. The molecule has 2 N–H and O–H groups in total. The Morgan fingerprint density at radius 1 is 1.32 bits per heavy atom. The molecule has 1 amide bonds. The number of aliphatic carboxylic acids is 1. The van der Waals surface area contributed by atoms with Gasteiger partial charge in [0.2, 0.25) is 5.91 Å². The number of carbonyl (C=O) groups is 2. The van der Waals surface area contributed by atoms with Crippen LogP contribution in [-0.4, -0.2) is 60.3 Å². The number of ether oxygens (including phenoxy) is 2. The van der Waals surface area contributed by atoms with Gasteiger partial charge < -0.3 is 19.9 Å². The number of rotatable bonds is 6. The number of amides is 1. The standard InChI is InChI=1S/C18H24N2O5/c21-17(22)12-25-15-7-3-4-13(10-15)19-18(23)16-11-24-9-8-20(16)14-5-1-2-6-14/h3-4,7,10,14,16H,1-2,5-6,8-9,11-12H2,(H,19,23)(H,21,22). The smallest absolute Gasteiger partial charge is 0.341 e. The molecule has 2 aliphatic rings. The zero-order chi connectivity index (χ0) is 17.6. The Morgan fingerprint density at radius 2 is 2.12 bits per heavy atom. The van der Waals surface area contributed by atoms with Crippen molar-refractivity contribution < 1.29 is 24.2 Å². The minimum Gasteiger partial charge on any atom is -0.482 e. The average molecular weight is 348 g/mol. The SMILES string of the molecule is O=C(O)COc1cccc(NC(=O)C2COCCN2C2CCCC2)c1. The van der Waals surface area contributed by atoms with Gasteiger partial charge in [0.05, 0.1) is 13.2 Å². The van der Waals surface area contributed by atoms with Gasteiger partial charge in [-0.15, -0.1) is 0 Å². The third kappa shape index (κ3) is 4.70. The van der Waals surface area contributed by atoms with E-state index in [1.165, 1.54) is 12.8 Å². The third-order valence-electron chi connectivity index (χ3n) is 4.73. The summed E-state index contributed by atoms with van der Waals surface area (Å²) in [6.07, 6.45) is 4.73. The molecule has 0 aromatic heterocycles. The van der Waals surface area contributed by atoms with E-state index < -0.39 is 12.6 Å². The second-order valence-corrected chi connectivity index (χ2v) is 6.47. The Kier molecular flexibility index (Phi) is 5.88. The second kappa shape index (κ2) is 8.31. The summed E-state index contributed by atoms with van der Waals surface area (Å²) in [6, 6.07) is 6.94. The number of carboxylic acids is 1. The van der Waals surface area contributed by atoms with E-state index in [1.54, 1.807) is 24.3 Å². The molecule has 1 aromatic carbocycles. The van der Waals surface area contributed by atoms with Crippen LogP contribution < -0.4 is 10.1 Å². The van der Waals surface area contributed by atoms with Crippen LogP contribution in [-0.2, 0) is 14.3 Å². The summed E-state index contributed by atoms with van der Waals surface area (Å²) < 4.78 is 10.7. The molecule has 1 aliphatic heterocycles. The average Bonchev–Trinajstić information content (AvgIpc) is 3.15. The van der Waals surface area contributed by atoms with Crippen molar-refractivity contribution in [3.63, 3.8) is 0 Å². The van der Waals surface area contributed by atoms with Gasteiger partial charge in [-0.2, -0.15) is 0 Å². The molecule has 7 heteroatoms. The van der Waals surface area contributed by atoms with Crippen molar-refractivity contribution in [2.24, 2.45) is 0 Å². The lowest BCUT2D eigenvalue weighted by atomic mass is 10.1. The topological polar surface area (TPSA) is 88.1 Å². The normalized spacial score (nSPS) is 21.8. The summed E-state index contributed by atoms with van der Waals surface area (Å²) in [5, 5.41) is 11.6. The van der Waals surface area contributed by atoms with Crippen LogP contribution >= 0.6 is 0 Å². The second-order valence-electron chi connectivity index (χ2n) is 6.47. The van der Waals surface area contributed by atoms with Crippen LogP contribution in [0.4, 0.5) is 5.69 Å². The first-order chi connectivity index (χ1) is 12.1. The van der Waals surface area contributed by atoms with Crippen molar-refractivity contribution in [1.29, 1.82) is 0 Å². The molecule has 0 bridgehead atoms. The molecule has 1 heterocycles. The van der Waals surface area contributed by atoms with Crippen LogP contribution in [0.2, 0.25) is 0 Å². The summed E-state index contributed by atoms with van der Waals surface area (Å²) in [7, 11) is 0. The van der Waals surface area contributed by atoms with Crippen LogP contribution in [0.1, 0.15) is 25.7 Å². The van der Waals surface area contributed by atoms with Gasteiger partial charge in [0.25, 0.3) is 0 Å². The van der Waals surface area contributed by atoms with Crippen molar-refractivity contribution in [2.75, 3.05) is 31.7 Å². The number of nitrogens with one attached hydrogen (secondary N) is 1. The van der Waals surface area contributed by atoms with Crippen molar-refractivity contribution in [2.45, 2.75) is 37.8 Å². The molecule has 25 heavy (non-hydrogen) atoms. The Hall–Kier alpha value is -2.12. The molecule has 2 fully saturated rings. The minimum atomic E-state index is -1.04. The highest BCUT2D eigenvalue weighted by Gasteiger charge is 2.35. The van der Waals surface area contributed by atoms with Crippen molar-refractivity contribution in [3.8, 4) is 5.75 Å². The van der Waals surface area contributed by atoms with E-state index in [2.05, 4.69) is 10.2 Å². The molecule has 1 aromatic rings. The van der Waals surface area contributed by atoms with Gasteiger partial charge in [-0.1, -0.05) is 18.9 Å². The highest BCUT2D eigenvalue weighted by molar-refractivity contribution is 5.95. The van der Waals surface area contributed by atoms with E-state index >= 15 is 0 Å². The molecular weight excluding hydrogens is 324 g/mol. The van der Waals surface area contributed by atoms with Gasteiger partial charge in [-0.3, -0.25) is 9.69 Å². The molecule has 3 rings (SSSR count). The van der Waals surface area contributed by atoms with E-state index in [4.69, 9.17) is 14.6 Å². The van der Waals surface area contributed by atoms with Crippen LogP contribution in [0.3, 0.4) is 0 Å².